The number of carbonyl (C=O) groups excluding carboxylic acids is 1. The van der Waals surface area contributed by atoms with Crippen molar-refractivity contribution >= 4 is 5.97 Å². The fourth-order valence-electron chi connectivity index (χ4n) is 0.842. The van der Waals surface area contributed by atoms with E-state index in [9.17, 15) is 4.79 Å². The molecule has 0 saturated carbocycles. The smallest absolute Gasteiger partial charge is 0.310 e. The molecule has 3 nitrogen and oxygen atoms in total. The second-order valence-corrected chi connectivity index (χ2v) is 2.56. The lowest BCUT2D eigenvalue weighted by Gasteiger charge is -1.98. The first kappa shape index (κ1) is 12.6. The first-order valence-corrected chi connectivity index (χ1v) is 4.70. The molecular formula is C11H17NO2. The highest BCUT2D eigenvalue weighted by Crippen LogP contribution is 2.00. The molecule has 0 unspecified atom stereocenters. The number of carbonyl (C=O) groups is 1. The van der Waals surface area contributed by atoms with Crippen LogP contribution in [0.5, 0.6) is 0 Å². The number of hydrogen-bond acceptors (Lipinski definition) is 3. The zero-order valence-electron chi connectivity index (χ0n) is 9.20. The van der Waals surface area contributed by atoms with Crippen molar-refractivity contribution in [2.24, 2.45) is 0 Å². The Labute approximate surface area is 85.1 Å². The Bertz CT molecular complexity index is 267. The zero-order valence-corrected chi connectivity index (χ0v) is 9.20. The van der Waals surface area contributed by atoms with Crippen molar-refractivity contribution in [3.8, 4) is 0 Å². The number of aryl methyl sites for hydroxylation is 1. The van der Waals surface area contributed by atoms with Gasteiger partial charge in [0.1, 0.15) is 0 Å². The van der Waals surface area contributed by atoms with E-state index in [0.717, 1.165) is 11.3 Å². The molecule has 1 aromatic heterocycles. The van der Waals surface area contributed by atoms with Crippen LogP contribution in [0.25, 0.3) is 0 Å². The number of methoxy groups -OCH3 is 1. The van der Waals surface area contributed by atoms with Crippen LogP contribution in [0.2, 0.25) is 0 Å². The van der Waals surface area contributed by atoms with Crippen LogP contribution in [-0.2, 0) is 16.0 Å². The molecule has 0 aliphatic rings. The summed E-state index contributed by atoms with van der Waals surface area (Å²) in [6, 6.07) is 3.75. The largest absolute Gasteiger partial charge is 0.469 e. The SMILES string of the molecule is CC.COC(=O)Cc1ccc(C)nc1. The maximum absolute atomic E-state index is 10.8. The summed E-state index contributed by atoms with van der Waals surface area (Å²) < 4.78 is 4.52. The van der Waals surface area contributed by atoms with Gasteiger partial charge < -0.3 is 4.74 Å². The molecule has 0 fully saturated rings. The van der Waals surface area contributed by atoms with Gasteiger partial charge in [-0.1, -0.05) is 19.9 Å². The van der Waals surface area contributed by atoms with Crippen molar-refractivity contribution in [3.05, 3.63) is 29.6 Å². The summed E-state index contributed by atoms with van der Waals surface area (Å²) in [5.74, 6) is -0.236. The average molecular weight is 195 g/mol. The van der Waals surface area contributed by atoms with Gasteiger partial charge in [-0.25, -0.2) is 0 Å². The average Bonchev–Trinajstić information content (AvgIpc) is 2.24. The van der Waals surface area contributed by atoms with Gasteiger partial charge in [-0.15, -0.1) is 0 Å². The van der Waals surface area contributed by atoms with Crippen LogP contribution >= 0.6 is 0 Å². The predicted octanol–water partition coefficient (Wildman–Crippen LogP) is 2.13. The minimum atomic E-state index is -0.236. The van der Waals surface area contributed by atoms with E-state index in [-0.39, 0.29) is 5.97 Å². The topological polar surface area (TPSA) is 39.2 Å². The molecule has 0 aliphatic heterocycles. The van der Waals surface area contributed by atoms with E-state index in [1.54, 1.807) is 6.20 Å². The first-order valence-electron chi connectivity index (χ1n) is 4.70. The molecule has 1 aromatic rings. The lowest BCUT2D eigenvalue weighted by atomic mass is 10.2. The highest BCUT2D eigenvalue weighted by molar-refractivity contribution is 5.72. The normalized spacial score (nSPS) is 8.57. The van der Waals surface area contributed by atoms with Crippen LogP contribution in [0.1, 0.15) is 25.1 Å². The third kappa shape index (κ3) is 4.60. The first-order chi connectivity index (χ1) is 6.72. The summed E-state index contributed by atoms with van der Waals surface area (Å²) in [5, 5.41) is 0. The quantitative estimate of drug-likeness (QED) is 0.679. The second-order valence-electron chi connectivity index (χ2n) is 2.56. The molecule has 0 aliphatic carbocycles. The minimum Gasteiger partial charge on any atom is -0.469 e. The number of ether oxygens (including phenoxy) is 1. The van der Waals surface area contributed by atoms with Crippen LogP contribution in [0.3, 0.4) is 0 Å². The van der Waals surface area contributed by atoms with Gasteiger partial charge in [0, 0.05) is 11.9 Å². The number of esters is 1. The Morgan fingerprint density at radius 1 is 1.43 bits per heavy atom. The van der Waals surface area contributed by atoms with E-state index in [0.29, 0.717) is 6.42 Å². The van der Waals surface area contributed by atoms with Crippen LogP contribution in [0, 0.1) is 6.92 Å². The summed E-state index contributed by atoms with van der Waals surface area (Å²) in [5.41, 5.74) is 1.83. The zero-order chi connectivity index (χ0) is 11.0. The van der Waals surface area contributed by atoms with Crippen LogP contribution in [0.15, 0.2) is 18.3 Å². The summed E-state index contributed by atoms with van der Waals surface area (Å²) in [4.78, 5) is 14.9. The molecule has 0 bridgehead atoms. The summed E-state index contributed by atoms with van der Waals surface area (Å²) in [7, 11) is 1.38. The number of pyridine rings is 1. The van der Waals surface area contributed by atoms with Crippen molar-refractivity contribution in [3.63, 3.8) is 0 Å². The third-order valence-corrected chi connectivity index (χ3v) is 1.55. The Hall–Kier alpha value is -1.38. The molecule has 0 radical (unpaired) electrons. The van der Waals surface area contributed by atoms with Crippen molar-refractivity contribution in [1.82, 2.24) is 4.98 Å². The van der Waals surface area contributed by atoms with Crippen molar-refractivity contribution in [2.45, 2.75) is 27.2 Å². The number of rotatable bonds is 2. The molecule has 0 saturated heterocycles. The fourth-order valence-corrected chi connectivity index (χ4v) is 0.842. The molecule has 0 atom stereocenters. The molecule has 0 amide bonds. The molecule has 0 N–H and O–H groups in total. The second kappa shape index (κ2) is 7.06. The third-order valence-electron chi connectivity index (χ3n) is 1.55. The standard InChI is InChI=1S/C9H11NO2.C2H6/c1-7-3-4-8(6-10-7)5-9(11)12-2;1-2/h3-4,6H,5H2,1-2H3;1-2H3. The van der Waals surface area contributed by atoms with Crippen LogP contribution in [0.4, 0.5) is 0 Å². The van der Waals surface area contributed by atoms with Gasteiger partial charge in [0.2, 0.25) is 0 Å². The van der Waals surface area contributed by atoms with E-state index in [1.165, 1.54) is 7.11 Å². The minimum absolute atomic E-state index is 0.236. The summed E-state index contributed by atoms with van der Waals surface area (Å²) in [6.45, 7) is 5.90. The highest BCUT2D eigenvalue weighted by Gasteiger charge is 2.01. The maximum Gasteiger partial charge on any atom is 0.310 e. The van der Waals surface area contributed by atoms with Gasteiger partial charge in [0.05, 0.1) is 13.5 Å². The lowest BCUT2D eigenvalue weighted by molar-refractivity contribution is -0.139. The van der Waals surface area contributed by atoms with Crippen molar-refractivity contribution in [2.75, 3.05) is 7.11 Å². The Kier molecular flexibility index (Phi) is 6.37. The van der Waals surface area contributed by atoms with E-state index >= 15 is 0 Å². The highest BCUT2D eigenvalue weighted by atomic mass is 16.5. The lowest BCUT2D eigenvalue weighted by Crippen LogP contribution is -2.04. The molecule has 1 rings (SSSR count). The monoisotopic (exact) mass is 195 g/mol. The van der Waals surface area contributed by atoms with Gasteiger partial charge >= 0.3 is 5.97 Å². The van der Waals surface area contributed by atoms with Gasteiger partial charge in [-0.3, -0.25) is 9.78 Å². The molecule has 3 heteroatoms. The van der Waals surface area contributed by atoms with E-state index in [2.05, 4.69) is 9.72 Å². The van der Waals surface area contributed by atoms with E-state index in [4.69, 9.17) is 0 Å². The van der Waals surface area contributed by atoms with Crippen molar-refractivity contribution < 1.29 is 9.53 Å². The molecular weight excluding hydrogens is 178 g/mol. The fraction of sp³-hybridized carbons (Fsp3) is 0.455. The Morgan fingerprint density at radius 3 is 2.50 bits per heavy atom. The Balaban J connectivity index is 0.000000791. The van der Waals surface area contributed by atoms with Gasteiger partial charge in [0.25, 0.3) is 0 Å². The summed E-state index contributed by atoms with van der Waals surface area (Å²) in [6.07, 6.45) is 1.98. The van der Waals surface area contributed by atoms with Gasteiger partial charge in [0.15, 0.2) is 0 Å². The predicted molar refractivity (Wildman–Crippen MR) is 56.0 cm³/mol. The molecule has 0 aromatic carbocycles. The van der Waals surface area contributed by atoms with Crippen LogP contribution < -0.4 is 0 Å². The molecule has 14 heavy (non-hydrogen) atoms. The number of hydrogen-bond donors (Lipinski definition) is 0. The van der Waals surface area contributed by atoms with Crippen LogP contribution in [-0.4, -0.2) is 18.1 Å². The van der Waals surface area contributed by atoms with E-state index < -0.39 is 0 Å². The van der Waals surface area contributed by atoms with Gasteiger partial charge in [-0.05, 0) is 18.6 Å². The maximum atomic E-state index is 10.8. The molecule has 1 heterocycles. The van der Waals surface area contributed by atoms with E-state index in [1.807, 2.05) is 32.9 Å². The van der Waals surface area contributed by atoms with Crippen molar-refractivity contribution in [1.29, 1.82) is 0 Å². The molecule has 78 valence electrons. The number of aromatic nitrogens is 1. The van der Waals surface area contributed by atoms with Gasteiger partial charge in [-0.2, -0.15) is 0 Å². The summed E-state index contributed by atoms with van der Waals surface area (Å²) >= 11 is 0. The number of nitrogens with zero attached hydrogens (tertiary/aromatic N) is 1. The Morgan fingerprint density at radius 2 is 2.07 bits per heavy atom. The molecule has 0 spiro atoms.